The van der Waals surface area contributed by atoms with Gasteiger partial charge in [-0.25, -0.2) is 0 Å². The van der Waals surface area contributed by atoms with Gasteiger partial charge < -0.3 is 10.2 Å². The lowest BCUT2D eigenvalue weighted by Gasteiger charge is -2.35. The highest BCUT2D eigenvalue weighted by Gasteiger charge is 2.20. The van der Waals surface area contributed by atoms with Gasteiger partial charge in [-0.15, -0.1) is 0 Å². The van der Waals surface area contributed by atoms with Crippen molar-refractivity contribution >= 4 is 0 Å². The maximum atomic E-state index is 3.48. The fourth-order valence-electron chi connectivity index (χ4n) is 2.49. The molecule has 1 fully saturated rings. The smallest absolute Gasteiger partial charge is 0.0107 e. The first-order valence-corrected chi connectivity index (χ1v) is 6.03. The molecule has 14 heavy (non-hydrogen) atoms. The number of nitrogens with one attached hydrogen (secondary N) is 1. The lowest BCUT2D eigenvalue weighted by atomic mass is 9.92. The summed E-state index contributed by atoms with van der Waals surface area (Å²) in [7, 11) is 0. The molecule has 0 spiro atoms. The van der Waals surface area contributed by atoms with Gasteiger partial charge in [-0.1, -0.05) is 27.7 Å². The minimum absolute atomic E-state index is 0.620. The van der Waals surface area contributed by atoms with E-state index in [4.69, 9.17) is 0 Å². The molecule has 2 unspecified atom stereocenters. The summed E-state index contributed by atoms with van der Waals surface area (Å²) in [5.41, 5.74) is 0. The summed E-state index contributed by atoms with van der Waals surface area (Å²) in [5, 5.41) is 3.48. The van der Waals surface area contributed by atoms with Crippen LogP contribution in [0.25, 0.3) is 0 Å². The Morgan fingerprint density at radius 3 is 2.29 bits per heavy atom. The molecular weight excluding hydrogens is 172 g/mol. The number of nitrogens with zero attached hydrogens (tertiary/aromatic N) is 1. The molecular formula is C12H26N2. The molecule has 2 nitrogen and oxygen atoms in total. The Labute approximate surface area is 89.1 Å². The molecule has 0 saturated carbocycles. The van der Waals surface area contributed by atoms with Crippen molar-refractivity contribution < 1.29 is 0 Å². The number of piperidine rings is 1. The average Bonchev–Trinajstić information content (AvgIpc) is 2.01. The highest BCUT2D eigenvalue weighted by atomic mass is 15.1. The maximum Gasteiger partial charge on any atom is 0.0107 e. The predicted molar refractivity (Wildman–Crippen MR) is 62.5 cm³/mol. The zero-order valence-corrected chi connectivity index (χ0v) is 10.2. The summed E-state index contributed by atoms with van der Waals surface area (Å²) in [4.78, 5) is 2.61. The molecule has 0 aromatic carbocycles. The van der Waals surface area contributed by atoms with Gasteiger partial charge >= 0.3 is 0 Å². The van der Waals surface area contributed by atoms with Crippen LogP contribution in [0.2, 0.25) is 0 Å². The Hall–Kier alpha value is -0.0800. The van der Waals surface area contributed by atoms with Gasteiger partial charge in [-0.2, -0.15) is 0 Å². The Balaban J connectivity index is 2.17. The monoisotopic (exact) mass is 198 g/mol. The molecule has 84 valence electrons. The van der Waals surface area contributed by atoms with E-state index in [1.165, 1.54) is 26.1 Å². The molecule has 1 N–H and O–H groups in total. The first kappa shape index (κ1) is 12.0. The van der Waals surface area contributed by atoms with Gasteiger partial charge in [0.05, 0.1) is 0 Å². The number of likely N-dealkylation sites (tertiary alicyclic amines) is 1. The molecule has 2 heteroatoms. The van der Waals surface area contributed by atoms with Gasteiger partial charge in [-0.05, 0) is 18.3 Å². The molecule has 2 atom stereocenters. The molecule has 0 bridgehead atoms. The Morgan fingerprint density at radius 1 is 1.21 bits per heavy atom. The van der Waals surface area contributed by atoms with Crippen LogP contribution in [0, 0.1) is 11.8 Å². The van der Waals surface area contributed by atoms with Crippen molar-refractivity contribution in [1.82, 2.24) is 10.2 Å². The second kappa shape index (κ2) is 5.72. The van der Waals surface area contributed by atoms with Gasteiger partial charge in [0.1, 0.15) is 0 Å². The van der Waals surface area contributed by atoms with Crippen molar-refractivity contribution in [2.75, 3.05) is 26.2 Å². The first-order valence-electron chi connectivity index (χ1n) is 6.03. The standard InChI is InChI=1S/C12H26N2/c1-10(2)13-5-6-14-8-11(3)7-12(4)9-14/h10-13H,5-9H2,1-4H3. The summed E-state index contributed by atoms with van der Waals surface area (Å²) in [6, 6.07) is 0.620. The predicted octanol–water partition coefficient (Wildman–Crippen LogP) is 1.96. The largest absolute Gasteiger partial charge is 0.313 e. The van der Waals surface area contributed by atoms with Gasteiger partial charge in [0.25, 0.3) is 0 Å². The van der Waals surface area contributed by atoms with Crippen LogP contribution in [0.15, 0.2) is 0 Å². The SMILES string of the molecule is CC1CC(C)CN(CCNC(C)C)C1. The quantitative estimate of drug-likeness (QED) is 0.743. The molecule has 1 aliphatic heterocycles. The normalized spacial score (nSPS) is 29.8. The summed E-state index contributed by atoms with van der Waals surface area (Å²) >= 11 is 0. The van der Waals surface area contributed by atoms with Gasteiger partial charge in [0.2, 0.25) is 0 Å². The molecule has 0 aromatic heterocycles. The molecule has 1 aliphatic rings. The number of hydrogen-bond donors (Lipinski definition) is 1. The molecule has 1 heterocycles. The van der Waals surface area contributed by atoms with Crippen molar-refractivity contribution in [2.24, 2.45) is 11.8 Å². The highest BCUT2D eigenvalue weighted by molar-refractivity contribution is 4.75. The van der Waals surface area contributed by atoms with Crippen LogP contribution < -0.4 is 5.32 Å². The molecule has 1 rings (SSSR count). The van der Waals surface area contributed by atoms with Crippen LogP contribution in [0.1, 0.15) is 34.1 Å². The van der Waals surface area contributed by atoms with E-state index in [1.807, 2.05) is 0 Å². The van der Waals surface area contributed by atoms with Gasteiger partial charge in [0.15, 0.2) is 0 Å². The van der Waals surface area contributed by atoms with E-state index in [1.54, 1.807) is 0 Å². The minimum Gasteiger partial charge on any atom is -0.313 e. The second-order valence-electron chi connectivity index (χ2n) is 5.31. The molecule has 0 aromatic rings. The summed E-state index contributed by atoms with van der Waals surface area (Å²) in [6.07, 6.45) is 1.41. The fourth-order valence-corrected chi connectivity index (χ4v) is 2.49. The third kappa shape index (κ3) is 4.43. The third-order valence-corrected chi connectivity index (χ3v) is 2.93. The fraction of sp³-hybridized carbons (Fsp3) is 1.00. The van der Waals surface area contributed by atoms with E-state index in [0.717, 1.165) is 18.4 Å². The lowest BCUT2D eigenvalue weighted by molar-refractivity contribution is 0.141. The third-order valence-electron chi connectivity index (χ3n) is 2.93. The van der Waals surface area contributed by atoms with Crippen molar-refractivity contribution in [1.29, 1.82) is 0 Å². The second-order valence-corrected chi connectivity index (χ2v) is 5.31. The lowest BCUT2D eigenvalue weighted by Crippen LogP contribution is -2.42. The zero-order valence-electron chi connectivity index (χ0n) is 10.2. The Morgan fingerprint density at radius 2 is 1.79 bits per heavy atom. The Bertz CT molecular complexity index is 146. The van der Waals surface area contributed by atoms with E-state index in [0.29, 0.717) is 6.04 Å². The van der Waals surface area contributed by atoms with Gasteiger partial charge in [-0.3, -0.25) is 0 Å². The molecule has 0 amide bonds. The minimum atomic E-state index is 0.620. The van der Waals surface area contributed by atoms with Gasteiger partial charge in [0, 0.05) is 32.2 Å². The first-order chi connectivity index (χ1) is 6.58. The number of rotatable bonds is 4. The Kier molecular flexibility index (Phi) is 4.90. The summed E-state index contributed by atoms with van der Waals surface area (Å²) in [6.45, 7) is 14.1. The van der Waals surface area contributed by atoms with E-state index >= 15 is 0 Å². The molecule has 1 saturated heterocycles. The van der Waals surface area contributed by atoms with E-state index < -0.39 is 0 Å². The van der Waals surface area contributed by atoms with E-state index in [-0.39, 0.29) is 0 Å². The van der Waals surface area contributed by atoms with Crippen LogP contribution in [0.3, 0.4) is 0 Å². The highest BCUT2D eigenvalue weighted by Crippen LogP contribution is 2.20. The van der Waals surface area contributed by atoms with Crippen molar-refractivity contribution in [3.05, 3.63) is 0 Å². The van der Waals surface area contributed by atoms with Crippen molar-refractivity contribution in [3.8, 4) is 0 Å². The van der Waals surface area contributed by atoms with E-state index in [2.05, 4.69) is 37.9 Å². The topological polar surface area (TPSA) is 15.3 Å². The molecule has 0 aliphatic carbocycles. The average molecular weight is 198 g/mol. The number of hydrogen-bond acceptors (Lipinski definition) is 2. The van der Waals surface area contributed by atoms with Crippen LogP contribution in [0.4, 0.5) is 0 Å². The summed E-state index contributed by atoms with van der Waals surface area (Å²) < 4.78 is 0. The van der Waals surface area contributed by atoms with E-state index in [9.17, 15) is 0 Å². The van der Waals surface area contributed by atoms with Crippen molar-refractivity contribution in [3.63, 3.8) is 0 Å². The summed E-state index contributed by atoms with van der Waals surface area (Å²) in [5.74, 6) is 1.77. The van der Waals surface area contributed by atoms with Crippen LogP contribution >= 0.6 is 0 Å². The van der Waals surface area contributed by atoms with Crippen LogP contribution in [0.5, 0.6) is 0 Å². The zero-order chi connectivity index (χ0) is 10.6. The van der Waals surface area contributed by atoms with Crippen molar-refractivity contribution in [2.45, 2.75) is 40.2 Å². The van der Waals surface area contributed by atoms with Crippen LogP contribution in [-0.2, 0) is 0 Å². The van der Waals surface area contributed by atoms with Crippen LogP contribution in [-0.4, -0.2) is 37.1 Å². The maximum absolute atomic E-state index is 3.48. The molecule has 0 radical (unpaired) electrons.